The number of aromatic amines is 1. The average molecular weight is 491 g/mol. The van der Waals surface area contributed by atoms with E-state index < -0.39 is 0 Å². The summed E-state index contributed by atoms with van der Waals surface area (Å²) >= 11 is 1.35. The molecule has 0 saturated carbocycles. The van der Waals surface area contributed by atoms with Gasteiger partial charge in [-0.05, 0) is 43.2 Å². The van der Waals surface area contributed by atoms with Gasteiger partial charge >= 0.3 is 0 Å². The lowest BCUT2D eigenvalue weighted by Crippen LogP contribution is -2.18. The van der Waals surface area contributed by atoms with Gasteiger partial charge in [-0.2, -0.15) is 0 Å². The number of nitrogens with zero attached hydrogens (tertiary/aromatic N) is 3. The minimum atomic E-state index is -0.150. The monoisotopic (exact) mass is 490 g/mol. The Morgan fingerprint density at radius 2 is 1.89 bits per heavy atom. The quantitative estimate of drug-likeness (QED) is 0.318. The number of thioether (sulfide) groups is 1. The van der Waals surface area contributed by atoms with Gasteiger partial charge in [0, 0.05) is 47.6 Å². The first kappa shape index (κ1) is 23.1. The van der Waals surface area contributed by atoms with E-state index in [-0.39, 0.29) is 23.7 Å². The van der Waals surface area contributed by atoms with Crippen LogP contribution in [0, 0.1) is 0 Å². The highest BCUT2D eigenvalue weighted by Gasteiger charge is 2.23. The molecule has 4 aromatic rings. The van der Waals surface area contributed by atoms with E-state index in [0.29, 0.717) is 23.1 Å². The maximum absolute atomic E-state index is 12.6. The van der Waals surface area contributed by atoms with E-state index in [4.69, 9.17) is 4.74 Å². The molecule has 2 aromatic heterocycles. The predicted molar refractivity (Wildman–Crippen MR) is 136 cm³/mol. The molecule has 0 aliphatic carbocycles. The van der Waals surface area contributed by atoms with Crippen molar-refractivity contribution in [1.82, 2.24) is 19.7 Å². The molecule has 3 N–H and O–H groups in total. The van der Waals surface area contributed by atoms with Crippen LogP contribution in [0.1, 0.15) is 19.8 Å². The number of H-pyrrole nitrogens is 1. The Hall–Kier alpha value is -3.63. The second-order valence-corrected chi connectivity index (χ2v) is 9.34. The molecule has 3 heterocycles. The Morgan fingerprint density at radius 3 is 2.63 bits per heavy atom. The van der Waals surface area contributed by atoms with Crippen LogP contribution < -0.4 is 10.6 Å². The first-order chi connectivity index (χ1) is 17.1. The normalized spacial score (nSPS) is 15.4. The fourth-order valence-electron chi connectivity index (χ4n) is 4.18. The summed E-state index contributed by atoms with van der Waals surface area (Å²) in [6, 6.07) is 15.1. The molecule has 1 unspecified atom stereocenters. The number of anilines is 2. The molecule has 2 aromatic carbocycles. The lowest BCUT2D eigenvalue weighted by molar-refractivity contribution is -0.114. The Labute approximate surface area is 206 Å². The predicted octanol–water partition coefficient (Wildman–Crippen LogP) is 4.29. The molecule has 0 bridgehead atoms. The van der Waals surface area contributed by atoms with E-state index in [0.717, 1.165) is 41.7 Å². The van der Waals surface area contributed by atoms with Crippen molar-refractivity contribution in [2.75, 3.05) is 23.0 Å². The van der Waals surface area contributed by atoms with Crippen molar-refractivity contribution in [2.45, 2.75) is 37.6 Å². The number of nitrogens with one attached hydrogen (secondary N) is 3. The van der Waals surface area contributed by atoms with Gasteiger partial charge < -0.3 is 20.4 Å². The molecule has 9 nitrogen and oxygen atoms in total. The van der Waals surface area contributed by atoms with Crippen LogP contribution in [0.3, 0.4) is 0 Å². The minimum Gasteiger partial charge on any atom is -0.376 e. The van der Waals surface area contributed by atoms with Gasteiger partial charge in [0.15, 0.2) is 11.0 Å². The zero-order valence-electron chi connectivity index (χ0n) is 19.3. The summed E-state index contributed by atoms with van der Waals surface area (Å²) in [5, 5.41) is 16.3. The number of rotatable bonds is 8. The minimum absolute atomic E-state index is 0.102. The molecule has 2 amide bonds. The molecule has 35 heavy (non-hydrogen) atoms. The highest BCUT2D eigenvalue weighted by atomic mass is 32.2. The molecule has 0 radical (unpaired) electrons. The fourth-order valence-corrected chi connectivity index (χ4v) is 4.92. The number of amides is 2. The van der Waals surface area contributed by atoms with Crippen LogP contribution in [0.15, 0.2) is 59.9 Å². The smallest absolute Gasteiger partial charge is 0.234 e. The highest BCUT2D eigenvalue weighted by Crippen LogP contribution is 2.31. The number of hydrogen-bond donors (Lipinski definition) is 3. The van der Waals surface area contributed by atoms with Crippen LogP contribution in [-0.4, -0.2) is 50.0 Å². The summed E-state index contributed by atoms with van der Waals surface area (Å²) in [4.78, 5) is 27.1. The first-order valence-electron chi connectivity index (χ1n) is 11.5. The van der Waals surface area contributed by atoms with Crippen molar-refractivity contribution < 1.29 is 14.3 Å². The summed E-state index contributed by atoms with van der Waals surface area (Å²) in [5.41, 5.74) is 3.34. The maximum atomic E-state index is 12.6. The van der Waals surface area contributed by atoms with Crippen molar-refractivity contribution >= 4 is 45.9 Å². The van der Waals surface area contributed by atoms with E-state index in [2.05, 4.69) is 36.4 Å². The summed E-state index contributed by atoms with van der Waals surface area (Å²) < 4.78 is 7.94. The molecule has 1 fully saturated rings. The number of carbonyl (C=O) groups excluding carboxylic acids is 2. The Balaban J connectivity index is 1.31. The van der Waals surface area contributed by atoms with Gasteiger partial charge in [0.05, 0.1) is 18.4 Å². The van der Waals surface area contributed by atoms with Crippen molar-refractivity contribution in [2.24, 2.45) is 0 Å². The number of benzene rings is 2. The maximum Gasteiger partial charge on any atom is 0.234 e. The van der Waals surface area contributed by atoms with Crippen LogP contribution in [0.4, 0.5) is 11.4 Å². The zero-order valence-corrected chi connectivity index (χ0v) is 20.1. The van der Waals surface area contributed by atoms with Crippen LogP contribution in [-0.2, 0) is 20.9 Å². The molecular formula is C25H26N6O3S. The molecule has 5 rings (SSSR count). The molecule has 1 atom stereocenters. The number of para-hydroxylation sites is 1. The number of aromatic nitrogens is 4. The van der Waals surface area contributed by atoms with Gasteiger partial charge in [0.25, 0.3) is 0 Å². The van der Waals surface area contributed by atoms with E-state index in [1.165, 1.54) is 18.7 Å². The van der Waals surface area contributed by atoms with Gasteiger partial charge in [0.1, 0.15) is 0 Å². The summed E-state index contributed by atoms with van der Waals surface area (Å²) in [6.07, 6.45) is 4.09. The zero-order chi connectivity index (χ0) is 24.2. The molecule has 1 saturated heterocycles. The Kier molecular flexibility index (Phi) is 6.82. The van der Waals surface area contributed by atoms with Crippen molar-refractivity contribution in [3.63, 3.8) is 0 Å². The molecular weight excluding hydrogens is 464 g/mol. The summed E-state index contributed by atoms with van der Waals surface area (Å²) in [7, 11) is 0. The van der Waals surface area contributed by atoms with Gasteiger partial charge in [-0.3, -0.25) is 14.2 Å². The number of fused-ring (bicyclic) bond motifs is 1. The first-order valence-corrected chi connectivity index (χ1v) is 12.5. The van der Waals surface area contributed by atoms with Crippen LogP contribution in [0.25, 0.3) is 22.3 Å². The lowest BCUT2D eigenvalue weighted by Gasteiger charge is -2.14. The van der Waals surface area contributed by atoms with Crippen LogP contribution in [0.2, 0.25) is 0 Å². The number of hydrogen-bond acceptors (Lipinski definition) is 6. The second-order valence-electron chi connectivity index (χ2n) is 8.40. The van der Waals surface area contributed by atoms with Crippen molar-refractivity contribution in [1.29, 1.82) is 0 Å². The third kappa shape index (κ3) is 5.39. The van der Waals surface area contributed by atoms with Gasteiger partial charge in [-0.15, -0.1) is 10.2 Å². The topological polar surface area (TPSA) is 114 Å². The van der Waals surface area contributed by atoms with Crippen LogP contribution >= 0.6 is 11.8 Å². The fraction of sp³-hybridized carbons (Fsp3) is 0.280. The molecule has 10 heteroatoms. The summed E-state index contributed by atoms with van der Waals surface area (Å²) in [5.74, 6) is 0.652. The Bertz CT molecular complexity index is 1340. The molecule has 1 aliphatic heterocycles. The van der Waals surface area contributed by atoms with Crippen molar-refractivity contribution in [3.8, 4) is 11.4 Å². The average Bonchev–Trinajstić information content (AvgIpc) is 3.59. The molecule has 1 aliphatic rings. The van der Waals surface area contributed by atoms with Gasteiger partial charge in [0.2, 0.25) is 11.8 Å². The summed E-state index contributed by atoms with van der Waals surface area (Å²) in [6.45, 7) is 2.85. The van der Waals surface area contributed by atoms with E-state index in [1.54, 1.807) is 24.3 Å². The largest absolute Gasteiger partial charge is 0.376 e. The van der Waals surface area contributed by atoms with E-state index >= 15 is 0 Å². The van der Waals surface area contributed by atoms with Gasteiger partial charge in [-0.1, -0.05) is 30.0 Å². The van der Waals surface area contributed by atoms with Crippen molar-refractivity contribution in [3.05, 3.63) is 54.7 Å². The van der Waals surface area contributed by atoms with E-state index in [9.17, 15) is 9.59 Å². The highest BCUT2D eigenvalue weighted by molar-refractivity contribution is 7.99. The molecule has 0 spiro atoms. The van der Waals surface area contributed by atoms with E-state index in [1.807, 2.05) is 24.4 Å². The lowest BCUT2D eigenvalue weighted by atomic mass is 10.1. The van der Waals surface area contributed by atoms with Crippen LogP contribution in [0.5, 0.6) is 0 Å². The third-order valence-electron chi connectivity index (χ3n) is 5.78. The Morgan fingerprint density at radius 1 is 1.11 bits per heavy atom. The van der Waals surface area contributed by atoms with Gasteiger partial charge in [-0.25, -0.2) is 0 Å². The standard InChI is InChI=1S/C25H26N6O3S/c1-16(32)27-17-8-10-18(11-9-17)28-23(33)15-35-25-30-29-24(31(25)14-19-5-4-12-34-19)21-13-26-22-7-3-2-6-20(21)22/h2-3,6-11,13,19,26H,4-5,12,14-15H2,1H3,(H,27,32)(H,28,33). The third-order valence-corrected chi connectivity index (χ3v) is 6.75. The number of carbonyl (C=O) groups is 2. The molecule has 180 valence electrons. The SMILES string of the molecule is CC(=O)Nc1ccc(NC(=O)CSc2nnc(-c3c[nH]c4ccccc34)n2CC2CCCO2)cc1. The second kappa shape index (κ2) is 10.3. The number of ether oxygens (including phenoxy) is 1.